The van der Waals surface area contributed by atoms with Gasteiger partial charge in [0, 0.05) is 41.0 Å². The van der Waals surface area contributed by atoms with E-state index >= 15 is 0 Å². The van der Waals surface area contributed by atoms with E-state index in [0.717, 1.165) is 37.6 Å². The van der Waals surface area contributed by atoms with Crippen molar-refractivity contribution in [2.75, 3.05) is 24.7 Å². The molecule has 0 radical (unpaired) electrons. The first kappa shape index (κ1) is 11.6. The third-order valence-electron chi connectivity index (χ3n) is 3.56. The third kappa shape index (κ3) is 3.26. The van der Waals surface area contributed by atoms with Crippen molar-refractivity contribution < 1.29 is 8.95 Å². The van der Waals surface area contributed by atoms with E-state index in [1.54, 1.807) is 0 Å². The number of nitrogens with one attached hydrogen (secondary N) is 1. The number of hydrogen-bond donors (Lipinski definition) is 1. The Morgan fingerprint density at radius 3 is 2.67 bits per heavy atom. The predicted octanol–water partition coefficient (Wildman–Crippen LogP) is 0.912. The standard InChI is InChI=1S/C11H21NO2S/c1-9(10-2-5-14-8-10)12-11-3-6-15(13)7-4-11/h9-12H,2-8H2,1H3. The van der Waals surface area contributed by atoms with Gasteiger partial charge in [0.2, 0.25) is 0 Å². The molecule has 2 saturated heterocycles. The molecule has 2 atom stereocenters. The van der Waals surface area contributed by atoms with Crippen LogP contribution in [-0.4, -0.2) is 41.0 Å². The van der Waals surface area contributed by atoms with Gasteiger partial charge in [-0.1, -0.05) is 0 Å². The first-order chi connectivity index (χ1) is 7.25. The Kier molecular flexibility index (Phi) is 4.17. The lowest BCUT2D eigenvalue weighted by Gasteiger charge is -2.28. The van der Waals surface area contributed by atoms with Crippen molar-refractivity contribution in [3.63, 3.8) is 0 Å². The maximum atomic E-state index is 11.2. The molecule has 0 amide bonds. The molecule has 1 N–H and O–H groups in total. The minimum Gasteiger partial charge on any atom is -0.381 e. The fraction of sp³-hybridized carbons (Fsp3) is 1.00. The molecule has 2 aliphatic heterocycles. The van der Waals surface area contributed by atoms with Crippen LogP contribution in [0.15, 0.2) is 0 Å². The van der Waals surface area contributed by atoms with Crippen molar-refractivity contribution in [3.8, 4) is 0 Å². The number of ether oxygens (including phenoxy) is 1. The summed E-state index contributed by atoms with van der Waals surface area (Å²) in [5, 5.41) is 3.67. The zero-order valence-electron chi connectivity index (χ0n) is 9.41. The van der Waals surface area contributed by atoms with Gasteiger partial charge in [0.15, 0.2) is 0 Å². The van der Waals surface area contributed by atoms with Crippen LogP contribution in [0.2, 0.25) is 0 Å². The van der Waals surface area contributed by atoms with Crippen LogP contribution in [0.5, 0.6) is 0 Å². The van der Waals surface area contributed by atoms with Gasteiger partial charge in [0.25, 0.3) is 0 Å². The van der Waals surface area contributed by atoms with Gasteiger partial charge in [-0.15, -0.1) is 0 Å². The molecule has 0 aromatic heterocycles. The maximum Gasteiger partial charge on any atom is 0.0509 e. The van der Waals surface area contributed by atoms with Crippen LogP contribution >= 0.6 is 0 Å². The zero-order valence-corrected chi connectivity index (χ0v) is 10.2. The highest BCUT2D eigenvalue weighted by atomic mass is 32.2. The van der Waals surface area contributed by atoms with Crippen LogP contribution < -0.4 is 5.32 Å². The second-order valence-corrected chi connectivity index (χ2v) is 6.40. The second-order valence-electron chi connectivity index (χ2n) is 4.70. The largest absolute Gasteiger partial charge is 0.381 e. The lowest BCUT2D eigenvalue weighted by Crippen LogP contribution is -2.44. The maximum absolute atomic E-state index is 11.2. The van der Waals surface area contributed by atoms with Gasteiger partial charge in [-0.05, 0) is 32.1 Å². The van der Waals surface area contributed by atoms with Crippen molar-refractivity contribution >= 4 is 10.8 Å². The summed E-state index contributed by atoms with van der Waals surface area (Å²) in [5.74, 6) is 2.44. The summed E-state index contributed by atoms with van der Waals surface area (Å²) in [5.41, 5.74) is 0. The minimum absolute atomic E-state index is 0.542. The average Bonchev–Trinajstić information content (AvgIpc) is 2.74. The summed E-state index contributed by atoms with van der Waals surface area (Å²) in [6.07, 6.45) is 3.34. The average molecular weight is 231 g/mol. The third-order valence-corrected chi connectivity index (χ3v) is 4.94. The summed E-state index contributed by atoms with van der Waals surface area (Å²) in [6, 6.07) is 1.13. The smallest absolute Gasteiger partial charge is 0.0509 e. The molecule has 2 rings (SSSR count). The van der Waals surface area contributed by atoms with E-state index in [-0.39, 0.29) is 0 Å². The van der Waals surface area contributed by atoms with Gasteiger partial charge in [-0.3, -0.25) is 4.21 Å². The Hall–Kier alpha value is 0.0700. The highest BCUT2D eigenvalue weighted by Crippen LogP contribution is 2.18. The molecule has 0 aromatic carbocycles. The van der Waals surface area contributed by atoms with Gasteiger partial charge in [-0.25, -0.2) is 0 Å². The Morgan fingerprint density at radius 1 is 1.33 bits per heavy atom. The second kappa shape index (κ2) is 5.41. The molecule has 0 aliphatic carbocycles. The summed E-state index contributed by atoms with van der Waals surface area (Å²) in [7, 11) is -0.542. The van der Waals surface area contributed by atoms with Crippen LogP contribution in [0, 0.1) is 5.92 Å². The molecule has 0 aromatic rings. The molecule has 0 bridgehead atoms. The van der Waals surface area contributed by atoms with E-state index in [2.05, 4.69) is 12.2 Å². The molecule has 0 saturated carbocycles. The number of rotatable bonds is 3. The molecular formula is C11H21NO2S. The Labute approximate surface area is 94.4 Å². The van der Waals surface area contributed by atoms with E-state index in [0.29, 0.717) is 18.0 Å². The summed E-state index contributed by atoms with van der Waals surface area (Å²) < 4.78 is 16.6. The zero-order chi connectivity index (χ0) is 10.7. The van der Waals surface area contributed by atoms with Crippen LogP contribution in [0.4, 0.5) is 0 Å². The Morgan fingerprint density at radius 2 is 2.07 bits per heavy atom. The minimum atomic E-state index is -0.542. The van der Waals surface area contributed by atoms with E-state index in [4.69, 9.17) is 4.74 Å². The fourth-order valence-corrected chi connectivity index (χ4v) is 3.71. The topological polar surface area (TPSA) is 38.3 Å². The van der Waals surface area contributed by atoms with Crippen LogP contribution in [0.3, 0.4) is 0 Å². The van der Waals surface area contributed by atoms with Crippen LogP contribution in [0.25, 0.3) is 0 Å². The lowest BCUT2D eigenvalue weighted by atomic mass is 9.99. The van der Waals surface area contributed by atoms with Gasteiger partial charge in [0.1, 0.15) is 0 Å². The fourth-order valence-electron chi connectivity index (χ4n) is 2.42. The number of hydrogen-bond acceptors (Lipinski definition) is 3. The van der Waals surface area contributed by atoms with Crippen LogP contribution in [-0.2, 0) is 15.5 Å². The summed E-state index contributed by atoms with van der Waals surface area (Å²) >= 11 is 0. The van der Waals surface area contributed by atoms with Crippen molar-refractivity contribution in [1.82, 2.24) is 5.32 Å². The van der Waals surface area contributed by atoms with Crippen molar-refractivity contribution in [2.24, 2.45) is 5.92 Å². The first-order valence-corrected chi connectivity index (χ1v) is 7.43. The van der Waals surface area contributed by atoms with Crippen molar-refractivity contribution in [1.29, 1.82) is 0 Å². The SMILES string of the molecule is CC(NC1CCS(=O)CC1)C1CCOC1. The van der Waals surface area contributed by atoms with Crippen LogP contribution in [0.1, 0.15) is 26.2 Å². The molecule has 2 unspecified atom stereocenters. The van der Waals surface area contributed by atoms with E-state index in [9.17, 15) is 4.21 Å². The van der Waals surface area contributed by atoms with E-state index in [1.165, 1.54) is 6.42 Å². The quantitative estimate of drug-likeness (QED) is 0.785. The Balaban J connectivity index is 1.73. The monoisotopic (exact) mass is 231 g/mol. The molecule has 2 aliphatic rings. The van der Waals surface area contributed by atoms with Gasteiger partial charge in [0.05, 0.1) is 6.61 Å². The van der Waals surface area contributed by atoms with Crippen molar-refractivity contribution in [2.45, 2.75) is 38.3 Å². The molecule has 2 fully saturated rings. The normalized spacial score (nSPS) is 39.1. The molecule has 2 heterocycles. The molecule has 15 heavy (non-hydrogen) atoms. The highest BCUT2D eigenvalue weighted by molar-refractivity contribution is 7.85. The van der Waals surface area contributed by atoms with Gasteiger partial charge in [-0.2, -0.15) is 0 Å². The van der Waals surface area contributed by atoms with Crippen molar-refractivity contribution in [3.05, 3.63) is 0 Å². The summed E-state index contributed by atoms with van der Waals surface area (Å²) in [4.78, 5) is 0. The molecule has 3 nitrogen and oxygen atoms in total. The molecular weight excluding hydrogens is 210 g/mol. The predicted molar refractivity (Wildman–Crippen MR) is 62.4 cm³/mol. The first-order valence-electron chi connectivity index (χ1n) is 5.94. The Bertz CT molecular complexity index is 219. The summed E-state index contributed by atoms with van der Waals surface area (Å²) in [6.45, 7) is 4.09. The molecule has 88 valence electrons. The van der Waals surface area contributed by atoms with Gasteiger partial charge >= 0.3 is 0 Å². The molecule has 0 spiro atoms. The lowest BCUT2D eigenvalue weighted by molar-refractivity contribution is 0.176. The van der Waals surface area contributed by atoms with Gasteiger partial charge < -0.3 is 10.1 Å². The van der Waals surface area contributed by atoms with E-state index in [1.807, 2.05) is 0 Å². The highest BCUT2D eigenvalue weighted by Gasteiger charge is 2.25. The van der Waals surface area contributed by atoms with E-state index < -0.39 is 10.8 Å². The molecule has 4 heteroatoms.